The number of halogens is 1. The van der Waals surface area contributed by atoms with Crippen molar-refractivity contribution in [3.63, 3.8) is 0 Å². The molecule has 3 heterocycles. The molecule has 1 aliphatic heterocycles. The van der Waals surface area contributed by atoms with Gasteiger partial charge in [0, 0.05) is 30.9 Å². The van der Waals surface area contributed by atoms with Crippen molar-refractivity contribution in [1.29, 1.82) is 0 Å². The van der Waals surface area contributed by atoms with Gasteiger partial charge in [-0.3, -0.25) is 9.78 Å². The maximum Gasteiger partial charge on any atom is 0.316 e. The van der Waals surface area contributed by atoms with Crippen LogP contribution < -0.4 is 4.74 Å². The van der Waals surface area contributed by atoms with Crippen LogP contribution in [-0.4, -0.2) is 45.0 Å². The molecule has 7 heteroatoms. The maximum atomic E-state index is 12.7. The quantitative estimate of drug-likeness (QED) is 0.851. The van der Waals surface area contributed by atoms with E-state index in [9.17, 15) is 9.18 Å². The number of pyridine rings is 1. The van der Waals surface area contributed by atoms with E-state index in [4.69, 9.17) is 4.74 Å². The number of ether oxygens (including phenoxy) is 1. The summed E-state index contributed by atoms with van der Waals surface area (Å²) in [6.07, 6.45) is 5.79. The molecule has 3 rings (SSSR count). The SMILES string of the molecule is O=C(c1ccncc1)N1CCC(Oc2ncc(F)cn2)C1. The molecule has 108 valence electrons. The van der Waals surface area contributed by atoms with Crippen molar-refractivity contribution in [3.05, 3.63) is 48.3 Å². The fourth-order valence-electron chi connectivity index (χ4n) is 2.20. The highest BCUT2D eigenvalue weighted by Gasteiger charge is 2.28. The molecular formula is C14H13FN4O2. The summed E-state index contributed by atoms with van der Waals surface area (Å²) in [5.41, 5.74) is 0.601. The smallest absolute Gasteiger partial charge is 0.316 e. The molecule has 1 fully saturated rings. The van der Waals surface area contributed by atoms with Gasteiger partial charge in [0.15, 0.2) is 5.82 Å². The Kier molecular flexibility index (Phi) is 3.72. The van der Waals surface area contributed by atoms with Crippen molar-refractivity contribution in [2.45, 2.75) is 12.5 Å². The molecule has 6 nitrogen and oxygen atoms in total. The number of rotatable bonds is 3. The Morgan fingerprint density at radius 2 is 2.00 bits per heavy atom. The zero-order valence-electron chi connectivity index (χ0n) is 11.1. The lowest BCUT2D eigenvalue weighted by molar-refractivity contribution is 0.0769. The van der Waals surface area contributed by atoms with E-state index in [2.05, 4.69) is 15.0 Å². The largest absolute Gasteiger partial charge is 0.458 e. The van der Waals surface area contributed by atoms with E-state index in [0.29, 0.717) is 25.1 Å². The monoisotopic (exact) mass is 288 g/mol. The topological polar surface area (TPSA) is 68.2 Å². The van der Waals surface area contributed by atoms with Crippen molar-refractivity contribution in [1.82, 2.24) is 19.9 Å². The van der Waals surface area contributed by atoms with Gasteiger partial charge in [-0.25, -0.2) is 14.4 Å². The first-order chi connectivity index (χ1) is 10.2. The summed E-state index contributed by atoms with van der Waals surface area (Å²) in [7, 11) is 0. The summed E-state index contributed by atoms with van der Waals surface area (Å²) in [4.78, 5) is 25.4. The zero-order valence-corrected chi connectivity index (χ0v) is 11.1. The molecule has 1 amide bonds. The second-order valence-electron chi connectivity index (χ2n) is 4.70. The number of hydrogen-bond acceptors (Lipinski definition) is 5. The number of carbonyl (C=O) groups excluding carboxylic acids is 1. The standard InChI is InChI=1S/C14H13FN4O2/c15-11-7-17-14(18-8-11)21-12-3-6-19(9-12)13(20)10-1-4-16-5-2-10/h1-2,4-5,7-8,12H,3,6,9H2. The lowest BCUT2D eigenvalue weighted by Gasteiger charge is -2.16. The van der Waals surface area contributed by atoms with Crippen molar-refractivity contribution < 1.29 is 13.9 Å². The van der Waals surface area contributed by atoms with Crippen LogP contribution in [0.2, 0.25) is 0 Å². The highest BCUT2D eigenvalue weighted by molar-refractivity contribution is 5.94. The summed E-state index contributed by atoms with van der Waals surface area (Å²) in [6, 6.07) is 3.48. The van der Waals surface area contributed by atoms with Gasteiger partial charge >= 0.3 is 6.01 Å². The minimum Gasteiger partial charge on any atom is -0.458 e. The summed E-state index contributed by atoms with van der Waals surface area (Å²) in [6.45, 7) is 1.06. The van der Waals surface area contributed by atoms with Gasteiger partial charge in [0.25, 0.3) is 5.91 Å². The fourth-order valence-corrected chi connectivity index (χ4v) is 2.20. The number of likely N-dealkylation sites (tertiary alicyclic amines) is 1. The second kappa shape index (κ2) is 5.82. The molecular weight excluding hydrogens is 275 g/mol. The van der Waals surface area contributed by atoms with Gasteiger partial charge in [-0.1, -0.05) is 0 Å². The molecule has 0 bridgehead atoms. The Labute approximate surface area is 120 Å². The average molecular weight is 288 g/mol. The molecule has 0 aliphatic carbocycles. The van der Waals surface area contributed by atoms with E-state index in [-0.39, 0.29) is 18.0 Å². The normalized spacial score (nSPS) is 17.8. The van der Waals surface area contributed by atoms with Gasteiger partial charge in [-0.15, -0.1) is 0 Å². The first-order valence-corrected chi connectivity index (χ1v) is 6.56. The van der Waals surface area contributed by atoms with Gasteiger partial charge in [0.1, 0.15) is 6.10 Å². The van der Waals surface area contributed by atoms with Gasteiger partial charge < -0.3 is 9.64 Å². The van der Waals surface area contributed by atoms with E-state index in [0.717, 1.165) is 12.4 Å². The van der Waals surface area contributed by atoms with Gasteiger partial charge in [-0.05, 0) is 12.1 Å². The summed E-state index contributed by atoms with van der Waals surface area (Å²) in [5.74, 6) is -0.563. The minimum atomic E-state index is -0.511. The molecule has 1 aliphatic rings. The van der Waals surface area contributed by atoms with Crippen LogP contribution >= 0.6 is 0 Å². The van der Waals surface area contributed by atoms with Crippen LogP contribution in [0.5, 0.6) is 6.01 Å². The number of nitrogens with zero attached hydrogens (tertiary/aromatic N) is 4. The summed E-state index contributed by atoms with van der Waals surface area (Å²) >= 11 is 0. The molecule has 0 aromatic carbocycles. The Bertz CT molecular complexity index is 621. The van der Waals surface area contributed by atoms with Crippen LogP contribution in [0.1, 0.15) is 16.8 Å². The molecule has 0 radical (unpaired) electrons. The molecule has 1 saturated heterocycles. The Hall–Kier alpha value is -2.57. The van der Waals surface area contributed by atoms with Crippen LogP contribution in [-0.2, 0) is 0 Å². The van der Waals surface area contributed by atoms with Crippen LogP contribution in [0.25, 0.3) is 0 Å². The Morgan fingerprint density at radius 3 is 2.71 bits per heavy atom. The molecule has 1 unspecified atom stereocenters. The van der Waals surface area contributed by atoms with E-state index < -0.39 is 5.82 Å². The van der Waals surface area contributed by atoms with Crippen LogP contribution in [0.15, 0.2) is 36.9 Å². The van der Waals surface area contributed by atoms with Crippen molar-refractivity contribution in [2.75, 3.05) is 13.1 Å². The predicted molar refractivity (Wildman–Crippen MR) is 71.2 cm³/mol. The second-order valence-corrected chi connectivity index (χ2v) is 4.70. The molecule has 1 atom stereocenters. The van der Waals surface area contributed by atoms with Crippen LogP contribution in [0.3, 0.4) is 0 Å². The van der Waals surface area contributed by atoms with Crippen molar-refractivity contribution in [3.8, 4) is 6.01 Å². The first kappa shape index (κ1) is 13.4. The zero-order chi connectivity index (χ0) is 14.7. The third-order valence-corrected chi connectivity index (χ3v) is 3.23. The minimum absolute atomic E-state index is 0.0523. The lowest BCUT2D eigenvalue weighted by atomic mass is 10.2. The van der Waals surface area contributed by atoms with Crippen LogP contribution in [0, 0.1) is 5.82 Å². The Balaban J connectivity index is 1.60. The average Bonchev–Trinajstić information content (AvgIpc) is 2.98. The number of hydrogen-bond donors (Lipinski definition) is 0. The molecule has 21 heavy (non-hydrogen) atoms. The van der Waals surface area contributed by atoms with Crippen molar-refractivity contribution in [2.24, 2.45) is 0 Å². The molecule has 0 N–H and O–H groups in total. The number of aromatic nitrogens is 3. The van der Waals surface area contributed by atoms with Crippen molar-refractivity contribution >= 4 is 5.91 Å². The predicted octanol–water partition coefficient (Wildman–Crippen LogP) is 1.30. The molecule has 0 saturated carbocycles. The highest BCUT2D eigenvalue weighted by Crippen LogP contribution is 2.17. The van der Waals surface area contributed by atoms with E-state index in [1.807, 2.05) is 0 Å². The summed E-state index contributed by atoms with van der Waals surface area (Å²) in [5, 5.41) is 0. The van der Waals surface area contributed by atoms with E-state index in [1.165, 1.54) is 0 Å². The third kappa shape index (κ3) is 3.13. The van der Waals surface area contributed by atoms with E-state index in [1.54, 1.807) is 29.4 Å². The molecule has 0 spiro atoms. The number of carbonyl (C=O) groups is 1. The Morgan fingerprint density at radius 1 is 1.29 bits per heavy atom. The molecule has 2 aromatic heterocycles. The number of amides is 1. The van der Waals surface area contributed by atoms with E-state index >= 15 is 0 Å². The summed E-state index contributed by atoms with van der Waals surface area (Å²) < 4.78 is 18.3. The van der Waals surface area contributed by atoms with Gasteiger partial charge in [0.05, 0.1) is 18.9 Å². The van der Waals surface area contributed by atoms with Crippen LogP contribution in [0.4, 0.5) is 4.39 Å². The third-order valence-electron chi connectivity index (χ3n) is 3.23. The molecule has 2 aromatic rings. The van der Waals surface area contributed by atoms with Gasteiger partial charge in [0.2, 0.25) is 0 Å². The highest BCUT2D eigenvalue weighted by atomic mass is 19.1. The fraction of sp³-hybridized carbons (Fsp3) is 0.286. The maximum absolute atomic E-state index is 12.7. The van der Waals surface area contributed by atoms with Gasteiger partial charge in [-0.2, -0.15) is 0 Å². The first-order valence-electron chi connectivity index (χ1n) is 6.56. The lowest BCUT2D eigenvalue weighted by Crippen LogP contribution is -2.31.